The zero-order valence-corrected chi connectivity index (χ0v) is 14.8. The van der Waals surface area contributed by atoms with Gasteiger partial charge in [0.2, 0.25) is 0 Å². The second-order valence-corrected chi connectivity index (χ2v) is 6.90. The Balaban J connectivity index is 1.33. The number of aliphatic hydroxyl groups excluding tert-OH is 1. The van der Waals surface area contributed by atoms with E-state index in [9.17, 15) is 14.7 Å². The number of esters is 1. The van der Waals surface area contributed by atoms with Gasteiger partial charge in [-0.3, -0.25) is 4.98 Å². The van der Waals surface area contributed by atoms with Crippen molar-refractivity contribution in [2.45, 2.75) is 25.6 Å². The first kappa shape index (κ1) is 17.5. The van der Waals surface area contributed by atoms with Crippen LogP contribution in [0, 0.1) is 5.92 Å². The van der Waals surface area contributed by atoms with E-state index in [0.717, 1.165) is 18.4 Å². The number of aliphatic hydroxyl groups is 1. The number of aromatic nitrogens is 1. The number of benzene rings is 1. The lowest BCUT2D eigenvalue weighted by atomic mass is 9.89. The Morgan fingerprint density at radius 2 is 2.07 bits per heavy atom. The topological polar surface area (TPSA) is 91.8 Å². The third kappa shape index (κ3) is 3.64. The van der Waals surface area contributed by atoms with Crippen molar-refractivity contribution in [1.82, 2.24) is 9.88 Å². The number of urea groups is 1. The summed E-state index contributed by atoms with van der Waals surface area (Å²) in [5, 5.41) is 13.4. The maximum absolute atomic E-state index is 12.5. The maximum Gasteiger partial charge on any atom is 0.338 e. The average molecular weight is 367 g/mol. The molecule has 27 heavy (non-hydrogen) atoms. The van der Waals surface area contributed by atoms with Crippen LogP contribution in [-0.2, 0) is 11.3 Å². The number of pyridine rings is 1. The number of fused-ring (bicyclic) bond motifs is 1. The van der Waals surface area contributed by atoms with E-state index in [1.165, 1.54) is 0 Å². The molecule has 0 radical (unpaired) electrons. The summed E-state index contributed by atoms with van der Waals surface area (Å²) in [7, 11) is 0. The normalized spacial score (nSPS) is 18.0. The highest BCUT2D eigenvalue weighted by atomic mass is 16.5. The summed E-state index contributed by atoms with van der Waals surface area (Å²) in [5.74, 6) is -0.233. The van der Waals surface area contributed by atoms with Gasteiger partial charge in [-0.2, -0.15) is 0 Å². The van der Waals surface area contributed by atoms with Gasteiger partial charge in [0.05, 0.1) is 17.4 Å². The molecule has 4 rings (SSSR count). The first-order valence-corrected chi connectivity index (χ1v) is 9.07. The van der Waals surface area contributed by atoms with Gasteiger partial charge in [-0.05, 0) is 49.1 Å². The highest BCUT2D eigenvalue weighted by Crippen LogP contribution is 2.30. The number of nitrogens with zero attached hydrogens (tertiary/aromatic N) is 2. The molecule has 0 unspecified atom stereocenters. The number of hydrogen-bond donors (Lipinski definition) is 2. The van der Waals surface area contributed by atoms with Gasteiger partial charge in [-0.25, -0.2) is 9.59 Å². The van der Waals surface area contributed by atoms with Crippen LogP contribution in [0.4, 0.5) is 10.5 Å². The standard InChI is InChI=1S/C20H21N3O4/c24-18(17-3-1-2-8-21-17)13-6-9-23(10-7-13)20(26)22-15-4-5-16-14(11-15)12-27-19(16)25/h1-5,8,11,13,18,24H,6-7,9-10,12H2,(H,22,26)/t18-/m0/s1. The lowest BCUT2D eigenvalue weighted by molar-refractivity contribution is 0.0535. The molecule has 2 amide bonds. The number of piperidine rings is 1. The summed E-state index contributed by atoms with van der Waals surface area (Å²) >= 11 is 0. The summed E-state index contributed by atoms with van der Waals surface area (Å²) in [6.45, 7) is 1.40. The van der Waals surface area contributed by atoms with Crippen LogP contribution in [0.5, 0.6) is 0 Å². The van der Waals surface area contributed by atoms with Crippen molar-refractivity contribution in [3.63, 3.8) is 0 Å². The predicted molar refractivity (Wildman–Crippen MR) is 98.1 cm³/mol. The molecule has 7 heteroatoms. The molecule has 2 N–H and O–H groups in total. The van der Waals surface area contributed by atoms with Gasteiger partial charge < -0.3 is 20.1 Å². The number of ether oxygens (including phenoxy) is 1. The Kier molecular flexibility index (Phi) is 4.77. The van der Waals surface area contributed by atoms with Gasteiger partial charge in [-0.1, -0.05) is 6.07 Å². The molecule has 7 nitrogen and oxygen atoms in total. The molecule has 0 bridgehead atoms. The van der Waals surface area contributed by atoms with Crippen LogP contribution in [0.3, 0.4) is 0 Å². The van der Waals surface area contributed by atoms with Gasteiger partial charge in [0.15, 0.2) is 0 Å². The number of carbonyl (C=O) groups excluding carboxylic acids is 2. The molecule has 1 atom stereocenters. The smallest absolute Gasteiger partial charge is 0.338 e. The average Bonchev–Trinajstić information content (AvgIpc) is 3.08. The molecule has 0 spiro atoms. The van der Waals surface area contributed by atoms with Crippen LogP contribution >= 0.6 is 0 Å². The highest BCUT2D eigenvalue weighted by molar-refractivity contribution is 5.95. The van der Waals surface area contributed by atoms with Crippen LogP contribution in [0.1, 0.15) is 40.6 Å². The molecule has 2 aliphatic heterocycles. The van der Waals surface area contributed by atoms with E-state index >= 15 is 0 Å². The number of rotatable bonds is 3. The van der Waals surface area contributed by atoms with Crippen molar-refractivity contribution in [2.24, 2.45) is 5.92 Å². The molecule has 2 aliphatic rings. The minimum Gasteiger partial charge on any atom is -0.457 e. The third-order valence-corrected chi connectivity index (χ3v) is 5.20. The first-order chi connectivity index (χ1) is 13.1. The lowest BCUT2D eigenvalue weighted by Gasteiger charge is -2.34. The molecule has 0 saturated carbocycles. The summed E-state index contributed by atoms with van der Waals surface area (Å²) < 4.78 is 4.98. The molecule has 1 aromatic carbocycles. The van der Waals surface area contributed by atoms with Crippen LogP contribution < -0.4 is 5.32 Å². The fourth-order valence-electron chi connectivity index (χ4n) is 3.62. The fourth-order valence-corrected chi connectivity index (χ4v) is 3.62. The van der Waals surface area contributed by atoms with E-state index < -0.39 is 6.10 Å². The van der Waals surface area contributed by atoms with Gasteiger partial charge in [0.1, 0.15) is 6.61 Å². The second kappa shape index (κ2) is 7.36. The largest absolute Gasteiger partial charge is 0.457 e. The third-order valence-electron chi connectivity index (χ3n) is 5.20. The summed E-state index contributed by atoms with van der Waals surface area (Å²) in [6.07, 6.45) is 2.51. The number of hydrogen-bond acceptors (Lipinski definition) is 5. The molecule has 1 aromatic heterocycles. The fraction of sp³-hybridized carbons (Fsp3) is 0.350. The van der Waals surface area contributed by atoms with E-state index in [2.05, 4.69) is 10.3 Å². The molecule has 1 saturated heterocycles. The van der Waals surface area contributed by atoms with Crippen LogP contribution in [0.15, 0.2) is 42.6 Å². The Hall–Kier alpha value is -2.93. The quantitative estimate of drug-likeness (QED) is 0.814. The zero-order chi connectivity index (χ0) is 18.8. The van der Waals surface area contributed by atoms with Crippen LogP contribution in [0.25, 0.3) is 0 Å². The van der Waals surface area contributed by atoms with E-state index in [1.807, 2.05) is 18.2 Å². The van der Waals surface area contributed by atoms with Crippen molar-refractivity contribution in [1.29, 1.82) is 0 Å². The van der Waals surface area contributed by atoms with E-state index in [0.29, 0.717) is 30.0 Å². The monoisotopic (exact) mass is 367 g/mol. The molecule has 0 aliphatic carbocycles. The van der Waals surface area contributed by atoms with Gasteiger partial charge in [0, 0.05) is 30.5 Å². The summed E-state index contributed by atoms with van der Waals surface area (Å²) in [4.78, 5) is 30.0. The molecule has 3 heterocycles. The number of likely N-dealkylation sites (tertiary alicyclic amines) is 1. The van der Waals surface area contributed by atoms with E-state index in [4.69, 9.17) is 4.74 Å². The SMILES string of the molecule is O=C1OCc2cc(NC(=O)N3CCC([C@H](O)c4ccccn4)CC3)ccc21. The molecular formula is C20H21N3O4. The Bertz CT molecular complexity index is 848. The number of carbonyl (C=O) groups is 2. The van der Waals surface area contributed by atoms with Crippen molar-refractivity contribution >= 4 is 17.7 Å². The number of amides is 2. The highest BCUT2D eigenvalue weighted by Gasteiger charge is 2.29. The molecule has 140 valence electrons. The minimum absolute atomic E-state index is 0.0899. The van der Waals surface area contributed by atoms with Crippen molar-refractivity contribution in [3.8, 4) is 0 Å². The van der Waals surface area contributed by atoms with Crippen molar-refractivity contribution in [3.05, 3.63) is 59.4 Å². The van der Waals surface area contributed by atoms with Gasteiger partial charge >= 0.3 is 12.0 Å². The molecule has 2 aromatic rings. The number of nitrogens with one attached hydrogen (secondary N) is 1. The number of anilines is 1. The van der Waals surface area contributed by atoms with Gasteiger partial charge in [-0.15, -0.1) is 0 Å². The maximum atomic E-state index is 12.5. The van der Waals surface area contributed by atoms with Crippen LogP contribution in [-0.4, -0.2) is 40.1 Å². The Morgan fingerprint density at radius 3 is 2.81 bits per heavy atom. The Morgan fingerprint density at radius 1 is 1.26 bits per heavy atom. The first-order valence-electron chi connectivity index (χ1n) is 9.07. The zero-order valence-electron chi connectivity index (χ0n) is 14.8. The second-order valence-electron chi connectivity index (χ2n) is 6.90. The predicted octanol–water partition coefficient (Wildman–Crippen LogP) is 2.73. The Labute approximate surface area is 157 Å². The minimum atomic E-state index is -0.606. The van der Waals surface area contributed by atoms with E-state index in [-0.39, 0.29) is 24.5 Å². The van der Waals surface area contributed by atoms with E-state index in [1.54, 1.807) is 29.3 Å². The van der Waals surface area contributed by atoms with Gasteiger partial charge in [0.25, 0.3) is 0 Å². The number of cyclic esters (lactones) is 1. The summed E-state index contributed by atoms with van der Waals surface area (Å²) in [6, 6.07) is 10.5. The summed E-state index contributed by atoms with van der Waals surface area (Å²) in [5.41, 5.74) is 2.66. The van der Waals surface area contributed by atoms with Crippen LogP contribution in [0.2, 0.25) is 0 Å². The molecule has 1 fully saturated rings. The van der Waals surface area contributed by atoms with Crippen molar-refractivity contribution < 1.29 is 19.4 Å². The van der Waals surface area contributed by atoms with Crippen molar-refractivity contribution in [2.75, 3.05) is 18.4 Å². The lowest BCUT2D eigenvalue weighted by Crippen LogP contribution is -2.42. The molecular weight excluding hydrogens is 346 g/mol.